The van der Waals surface area contributed by atoms with Gasteiger partial charge in [0.15, 0.2) is 0 Å². The van der Waals surface area contributed by atoms with E-state index in [-0.39, 0.29) is 37.1 Å². The number of nitrogens with zero attached hydrogens (tertiary/aromatic N) is 4. The first-order valence-electron chi connectivity index (χ1n) is 12.8. The Bertz CT molecular complexity index is 1270. The fourth-order valence-electron chi connectivity index (χ4n) is 3.99. The number of aromatic nitrogens is 2. The van der Waals surface area contributed by atoms with E-state index in [1.807, 2.05) is 11.9 Å². The number of rotatable bonds is 14. The van der Waals surface area contributed by atoms with E-state index in [2.05, 4.69) is 33.4 Å². The van der Waals surface area contributed by atoms with Gasteiger partial charge in [-0.1, -0.05) is 12.8 Å². The maximum Gasteiger partial charge on any atom is 0.251 e. The molecule has 0 radical (unpaired) electrons. The molecule has 0 saturated heterocycles. The number of carbonyl (C=O) groups is 1. The highest BCUT2D eigenvalue weighted by Crippen LogP contribution is 2.37. The lowest BCUT2D eigenvalue weighted by Crippen LogP contribution is -2.50. The number of hydrogen-bond donors (Lipinski definition) is 3. The van der Waals surface area contributed by atoms with Crippen molar-refractivity contribution in [3.05, 3.63) is 42.2 Å². The van der Waals surface area contributed by atoms with E-state index in [9.17, 15) is 18.3 Å². The Balaban J connectivity index is 1.90. The lowest BCUT2D eigenvalue weighted by molar-refractivity contribution is 0.0737. The molecule has 1 unspecified atom stereocenters. The van der Waals surface area contributed by atoms with Gasteiger partial charge in [-0.05, 0) is 50.5 Å². The third kappa shape index (κ3) is 7.81. The van der Waals surface area contributed by atoms with Crippen molar-refractivity contribution in [2.75, 3.05) is 43.0 Å². The molecular weight excluding hydrogens is 520 g/mol. The van der Waals surface area contributed by atoms with Crippen LogP contribution in [-0.4, -0.2) is 86.6 Å². The molecule has 2 aromatic rings. The van der Waals surface area contributed by atoms with Gasteiger partial charge in [-0.25, -0.2) is 13.4 Å². The third-order valence-corrected chi connectivity index (χ3v) is 8.85. The van der Waals surface area contributed by atoms with Crippen LogP contribution in [-0.2, 0) is 10.0 Å². The number of nitrogens with one attached hydrogen (secondary N) is 2. The maximum absolute atomic E-state index is 13.5. The predicted molar refractivity (Wildman–Crippen MR) is 151 cm³/mol. The Morgan fingerprint density at radius 3 is 2.59 bits per heavy atom. The van der Waals surface area contributed by atoms with Gasteiger partial charge in [-0.3, -0.25) is 14.1 Å². The summed E-state index contributed by atoms with van der Waals surface area (Å²) in [6, 6.07) is 5.93. The number of carbonyl (C=O) groups excluding carboxylic acids is 1. The van der Waals surface area contributed by atoms with Crippen LogP contribution in [0.15, 0.2) is 36.7 Å². The number of aliphatic hydroxyl groups is 1. The molecule has 11 nitrogen and oxygen atoms in total. The van der Waals surface area contributed by atoms with Crippen molar-refractivity contribution in [2.24, 2.45) is 5.92 Å². The normalized spacial score (nSPS) is 18.1. The zero-order valence-corrected chi connectivity index (χ0v) is 23.9. The van der Waals surface area contributed by atoms with Crippen molar-refractivity contribution >= 4 is 27.6 Å². The number of sulfonamides is 1. The van der Waals surface area contributed by atoms with E-state index in [1.54, 1.807) is 38.2 Å². The number of amides is 1. The molecule has 1 amide bonds. The van der Waals surface area contributed by atoms with Gasteiger partial charge in [0.25, 0.3) is 5.91 Å². The van der Waals surface area contributed by atoms with Gasteiger partial charge < -0.3 is 25.4 Å². The number of aliphatic hydroxyl groups excluding tert-OH is 1. The monoisotopic (exact) mass is 558 g/mol. The van der Waals surface area contributed by atoms with Crippen LogP contribution < -0.4 is 24.6 Å². The van der Waals surface area contributed by atoms with E-state index in [0.29, 0.717) is 17.5 Å². The molecule has 0 bridgehead atoms. The van der Waals surface area contributed by atoms with Crippen LogP contribution in [0.3, 0.4) is 0 Å². The van der Waals surface area contributed by atoms with E-state index >= 15 is 0 Å². The Morgan fingerprint density at radius 1 is 1.31 bits per heavy atom. The van der Waals surface area contributed by atoms with E-state index in [4.69, 9.17) is 11.2 Å². The Morgan fingerprint density at radius 2 is 2.00 bits per heavy atom. The van der Waals surface area contributed by atoms with Gasteiger partial charge in [-0.2, -0.15) is 0 Å². The van der Waals surface area contributed by atoms with Crippen LogP contribution in [0, 0.1) is 18.3 Å². The van der Waals surface area contributed by atoms with Gasteiger partial charge in [0.1, 0.15) is 24.0 Å². The minimum absolute atomic E-state index is 0.0394. The van der Waals surface area contributed by atoms with Gasteiger partial charge in [0, 0.05) is 38.4 Å². The van der Waals surface area contributed by atoms with Gasteiger partial charge in [0.2, 0.25) is 10.0 Å². The molecule has 0 spiro atoms. The summed E-state index contributed by atoms with van der Waals surface area (Å²) in [5.41, 5.74) is 0.205. The number of pyridine rings is 2. The van der Waals surface area contributed by atoms with Crippen molar-refractivity contribution in [2.45, 2.75) is 50.6 Å². The third-order valence-electron chi connectivity index (χ3n) is 6.71. The van der Waals surface area contributed by atoms with Crippen molar-refractivity contribution in [1.82, 2.24) is 20.6 Å². The first kappa shape index (κ1) is 30.1. The highest BCUT2D eigenvalue weighted by molar-refractivity contribution is 7.93. The van der Waals surface area contributed by atoms with Crippen molar-refractivity contribution in [3.63, 3.8) is 0 Å². The van der Waals surface area contributed by atoms with Crippen molar-refractivity contribution in [1.29, 1.82) is 0 Å². The molecule has 1 aliphatic carbocycles. The quantitative estimate of drug-likeness (QED) is 0.231. The van der Waals surface area contributed by atoms with Gasteiger partial charge in [-0.15, -0.1) is 6.42 Å². The summed E-state index contributed by atoms with van der Waals surface area (Å²) in [6.07, 6.45) is 8.38. The first-order valence-corrected chi connectivity index (χ1v) is 14.3. The molecule has 0 aliphatic heterocycles. The average Bonchev–Trinajstić information content (AvgIpc) is 3.66. The maximum atomic E-state index is 13.5. The molecule has 3 rings (SSSR count). The molecule has 1 fully saturated rings. The molecule has 2 heterocycles. The minimum atomic E-state index is -3.69. The summed E-state index contributed by atoms with van der Waals surface area (Å²) in [6.45, 7) is 5.63. The smallest absolute Gasteiger partial charge is 0.251 e. The van der Waals surface area contributed by atoms with Gasteiger partial charge in [0.05, 0.1) is 30.1 Å². The number of ether oxygens (including phenoxy) is 1. The van der Waals surface area contributed by atoms with E-state index in [0.717, 1.165) is 10.7 Å². The second-order valence-corrected chi connectivity index (χ2v) is 12.5. The molecular formula is C27H38N6O5S. The lowest BCUT2D eigenvalue weighted by Gasteiger charge is -2.26. The SMILES string of the molecule is C#CCNC[C@@H](O)C(COc1cccnc1)NC(=O)c1cc(N(C)[C@H]2C[C@@H]2C)nc(N(C)S(=O)(=O)C(C)C)c1. The minimum Gasteiger partial charge on any atom is -0.490 e. The summed E-state index contributed by atoms with van der Waals surface area (Å²) >= 11 is 0. The zero-order valence-electron chi connectivity index (χ0n) is 23.0. The summed E-state index contributed by atoms with van der Waals surface area (Å²) in [4.78, 5) is 24.1. The molecule has 12 heteroatoms. The summed E-state index contributed by atoms with van der Waals surface area (Å²) in [7, 11) is -0.384. The van der Waals surface area contributed by atoms with Crippen LogP contribution in [0.2, 0.25) is 0 Å². The Hall–Kier alpha value is -3.40. The highest BCUT2D eigenvalue weighted by Gasteiger charge is 2.37. The average molecular weight is 559 g/mol. The Labute approximate surface area is 231 Å². The fourth-order valence-corrected chi connectivity index (χ4v) is 4.97. The van der Waals surface area contributed by atoms with Crippen LogP contribution in [0.5, 0.6) is 5.75 Å². The largest absolute Gasteiger partial charge is 0.490 e. The molecule has 2 aromatic heterocycles. The highest BCUT2D eigenvalue weighted by atomic mass is 32.2. The number of terminal acetylenes is 1. The molecule has 0 aromatic carbocycles. The fraction of sp³-hybridized carbons (Fsp3) is 0.519. The van der Waals surface area contributed by atoms with Crippen molar-refractivity contribution in [3.8, 4) is 18.1 Å². The van der Waals surface area contributed by atoms with Crippen LogP contribution >= 0.6 is 0 Å². The molecule has 39 heavy (non-hydrogen) atoms. The lowest BCUT2D eigenvalue weighted by atomic mass is 10.1. The molecule has 4 atom stereocenters. The second kappa shape index (κ2) is 13.1. The molecule has 1 saturated carbocycles. The van der Waals surface area contributed by atoms with Crippen molar-refractivity contribution < 1.29 is 23.1 Å². The molecule has 1 aliphatic rings. The zero-order chi connectivity index (χ0) is 28.7. The molecule has 3 N–H and O–H groups in total. The second-order valence-electron chi connectivity index (χ2n) is 10.0. The Kier molecular flexibility index (Phi) is 10.1. The summed E-state index contributed by atoms with van der Waals surface area (Å²) in [5, 5.41) is 15.9. The van der Waals surface area contributed by atoms with Crippen LogP contribution in [0.25, 0.3) is 0 Å². The summed E-state index contributed by atoms with van der Waals surface area (Å²) in [5.74, 6) is 3.49. The number of anilines is 2. The van der Waals surface area contributed by atoms with Gasteiger partial charge >= 0.3 is 0 Å². The van der Waals surface area contributed by atoms with Crippen LogP contribution in [0.4, 0.5) is 11.6 Å². The van der Waals surface area contributed by atoms with E-state index in [1.165, 1.54) is 19.3 Å². The summed E-state index contributed by atoms with van der Waals surface area (Å²) < 4.78 is 32.7. The van der Waals surface area contributed by atoms with Crippen LogP contribution in [0.1, 0.15) is 37.6 Å². The topological polar surface area (TPSA) is 137 Å². The number of hydrogen-bond acceptors (Lipinski definition) is 9. The predicted octanol–water partition coefficient (Wildman–Crippen LogP) is 1.26. The standard InChI is InChI=1S/C27H38N6O5S/c1-7-10-28-16-24(34)22(17-38-21-9-8-11-29-15-21)30-27(35)20-13-25(32(5)23-12-19(23)4)31-26(14-20)33(6)39(36,37)18(2)3/h1,8-9,11,13-15,18-19,22-24,28,34H,10,12,16-17H2,2-6H3,(H,30,35)/t19-,22?,23-,24+/m0/s1. The van der Waals surface area contributed by atoms with E-state index < -0.39 is 33.3 Å². The molecule has 212 valence electrons. The first-order chi connectivity index (χ1) is 18.4.